The highest BCUT2D eigenvalue weighted by Crippen LogP contribution is 2.24. The predicted octanol–water partition coefficient (Wildman–Crippen LogP) is 5.52. The molecule has 0 saturated carbocycles. The largest absolute Gasteiger partial charge is 0.308 e. The van der Waals surface area contributed by atoms with E-state index in [2.05, 4.69) is 56.4 Å². The monoisotopic (exact) mass is 319 g/mol. The second-order valence-electron chi connectivity index (χ2n) is 6.17. The second kappa shape index (κ2) is 7.35. The molecule has 0 bridgehead atoms. The summed E-state index contributed by atoms with van der Waals surface area (Å²) in [4.78, 5) is 1.29. The standard InChI is InChI=1S/C18H22ClNS/c1-18(2,3)20-12-14-7-9-17(10-8-14)21-13-15-5-4-6-16(19)11-15/h4-11,20H,12-13H2,1-3H3. The number of benzene rings is 2. The van der Waals surface area contributed by atoms with Gasteiger partial charge in [0, 0.05) is 27.8 Å². The molecule has 0 aliphatic carbocycles. The van der Waals surface area contributed by atoms with E-state index in [0.29, 0.717) is 0 Å². The van der Waals surface area contributed by atoms with Crippen LogP contribution in [-0.2, 0) is 12.3 Å². The second-order valence-corrected chi connectivity index (χ2v) is 7.65. The van der Waals surface area contributed by atoms with Crippen LogP contribution in [0, 0.1) is 0 Å². The van der Waals surface area contributed by atoms with Gasteiger partial charge in [0.25, 0.3) is 0 Å². The normalized spacial score (nSPS) is 11.6. The van der Waals surface area contributed by atoms with E-state index < -0.39 is 0 Å². The lowest BCUT2D eigenvalue weighted by Gasteiger charge is -2.20. The molecule has 0 heterocycles. The number of hydrogen-bond donors (Lipinski definition) is 1. The van der Waals surface area contributed by atoms with E-state index in [1.54, 1.807) is 0 Å². The van der Waals surface area contributed by atoms with E-state index >= 15 is 0 Å². The van der Waals surface area contributed by atoms with Gasteiger partial charge in [0.15, 0.2) is 0 Å². The average Bonchev–Trinajstić information content (AvgIpc) is 2.43. The van der Waals surface area contributed by atoms with Gasteiger partial charge in [-0.3, -0.25) is 0 Å². The Bertz CT molecular complexity index is 573. The quantitative estimate of drug-likeness (QED) is 0.728. The Morgan fingerprint density at radius 1 is 1.00 bits per heavy atom. The summed E-state index contributed by atoms with van der Waals surface area (Å²) in [5.74, 6) is 0.945. The van der Waals surface area contributed by atoms with Crippen LogP contribution in [-0.4, -0.2) is 5.54 Å². The summed E-state index contributed by atoms with van der Waals surface area (Å²) in [6.07, 6.45) is 0. The molecule has 0 aliphatic rings. The first-order valence-electron chi connectivity index (χ1n) is 7.14. The number of halogens is 1. The van der Waals surface area contributed by atoms with Crippen LogP contribution in [0.4, 0.5) is 0 Å². The highest BCUT2D eigenvalue weighted by molar-refractivity contribution is 7.98. The van der Waals surface area contributed by atoms with Crippen molar-refractivity contribution in [1.82, 2.24) is 5.32 Å². The summed E-state index contributed by atoms with van der Waals surface area (Å²) < 4.78 is 0. The van der Waals surface area contributed by atoms with E-state index in [4.69, 9.17) is 11.6 Å². The van der Waals surface area contributed by atoms with Crippen LogP contribution in [0.2, 0.25) is 5.02 Å². The van der Waals surface area contributed by atoms with Gasteiger partial charge in [-0.25, -0.2) is 0 Å². The van der Waals surface area contributed by atoms with Gasteiger partial charge in [-0.15, -0.1) is 11.8 Å². The van der Waals surface area contributed by atoms with Crippen molar-refractivity contribution in [2.45, 2.75) is 43.5 Å². The van der Waals surface area contributed by atoms with E-state index in [9.17, 15) is 0 Å². The van der Waals surface area contributed by atoms with Gasteiger partial charge in [0.05, 0.1) is 0 Å². The van der Waals surface area contributed by atoms with Crippen molar-refractivity contribution in [2.24, 2.45) is 0 Å². The fraction of sp³-hybridized carbons (Fsp3) is 0.333. The topological polar surface area (TPSA) is 12.0 Å². The molecule has 0 aromatic heterocycles. The van der Waals surface area contributed by atoms with Gasteiger partial charge in [-0.1, -0.05) is 35.9 Å². The van der Waals surface area contributed by atoms with Gasteiger partial charge in [-0.05, 0) is 56.2 Å². The third kappa shape index (κ3) is 6.13. The molecule has 0 spiro atoms. The smallest absolute Gasteiger partial charge is 0.0409 e. The zero-order valence-corrected chi connectivity index (χ0v) is 14.4. The van der Waals surface area contributed by atoms with Crippen LogP contribution < -0.4 is 5.32 Å². The van der Waals surface area contributed by atoms with Gasteiger partial charge in [-0.2, -0.15) is 0 Å². The van der Waals surface area contributed by atoms with E-state index in [-0.39, 0.29) is 5.54 Å². The number of hydrogen-bond acceptors (Lipinski definition) is 2. The zero-order valence-electron chi connectivity index (χ0n) is 12.8. The summed E-state index contributed by atoms with van der Waals surface area (Å²) in [6, 6.07) is 16.8. The molecule has 1 nitrogen and oxygen atoms in total. The minimum Gasteiger partial charge on any atom is -0.308 e. The molecule has 0 unspecified atom stereocenters. The molecule has 2 aromatic rings. The van der Waals surface area contributed by atoms with Gasteiger partial charge in [0.2, 0.25) is 0 Å². The Morgan fingerprint density at radius 3 is 2.33 bits per heavy atom. The Kier molecular flexibility index (Phi) is 5.74. The SMILES string of the molecule is CC(C)(C)NCc1ccc(SCc2cccc(Cl)c2)cc1. The lowest BCUT2D eigenvalue weighted by molar-refractivity contribution is 0.424. The molecule has 0 saturated heterocycles. The molecule has 0 atom stereocenters. The minimum atomic E-state index is 0.153. The van der Waals surface area contributed by atoms with Crippen LogP contribution >= 0.6 is 23.4 Å². The summed E-state index contributed by atoms with van der Waals surface area (Å²) >= 11 is 7.84. The Labute approximate surface area is 137 Å². The van der Waals surface area contributed by atoms with Crippen molar-refractivity contribution >= 4 is 23.4 Å². The van der Waals surface area contributed by atoms with Crippen molar-refractivity contribution in [2.75, 3.05) is 0 Å². The van der Waals surface area contributed by atoms with E-state index in [1.807, 2.05) is 30.0 Å². The lowest BCUT2D eigenvalue weighted by atomic mass is 10.1. The van der Waals surface area contributed by atoms with Crippen molar-refractivity contribution in [3.05, 3.63) is 64.7 Å². The predicted molar refractivity (Wildman–Crippen MR) is 94.0 cm³/mol. The molecular formula is C18H22ClNS. The Balaban J connectivity index is 1.87. The number of rotatable bonds is 5. The van der Waals surface area contributed by atoms with Crippen molar-refractivity contribution < 1.29 is 0 Å². The average molecular weight is 320 g/mol. The Morgan fingerprint density at radius 2 is 1.71 bits per heavy atom. The maximum atomic E-state index is 6.00. The lowest BCUT2D eigenvalue weighted by Crippen LogP contribution is -2.35. The molecule has 0 radical (unpaired) electrons. The molecule has 3 heteroatoms. The highest BCUT2D eigenvalue weighted by atomic mass is 35.5. The first-order valence-corrected chi connectivity index (χ1v) is 8.50. The molecule has 2 aromatic carbocycles. The molecule has 0 fully saturated rings. The number of thioether (sulfide) groups is 1. The van der Waals surface area contributed by atoms with Crippen LogP contribution in [0.15, 0.2) is 53.4 Å². The van der Waals surface area contributed by atoms with Gasteiger partial charge < -0.3 is 5.32 Å². The van der Waals surface area contributed by atoms with Gasteiger partial charge in [0.1, 0.15) is 0 Å². The van der Waals surface area contributed by atoms with Crippen molar-refractivity contribution in [1.29, 1.82) is 0 Å². The highest BCUT2D eigenvalue weighted by Gasteiger charge is 2.08. The molecule has 112 valence electrons. The van der Waals surface area contributed by atoms with Crippen LogP contribution in [0.5, 0.6) is 0 Å². The minimum absolute atomic E-state index is 0.153. The van der Waals surface area contributed by atoms with Crippen molar-refractivity contribution in [3.8, 4) is 0 Å². The summed E-state index contributed by atoms with van der Waals surface area (Å²) in [5.41, 5.74) is 2.73. The fourth-order valence-corrected chi connectivity index (χ4v) is 2.92. The molecule has 2 rings (SSSR count). The summed E-state index contributed by atoms with van der Waals surface area (Å²) in [6.45, 7) is 7.45. The Hall–Kier alpha value is -0.960. The summed E-state index contributed by atoms with van der Waals surface area (Å²) in [7, 11) is 0. The molecule has 0 amide bonds. The summed E-state index contributed by atoms with van der Waals surface area (Å²) in [5, 5.41) is 4.30. The number of nitrogens with one attached hydrogen (secondary N) is 1. The molecule has 0 aliphatic heterocycles. The first kappa shape index (κ1) is 16.4. The van der Waals surface area contributed by atoms with Crippen LogP contribution in [0.1, 0.15) is 31.9 Å². The van der Waals surface area contributed by atoms with E-state index in [0.717, 1.165) is 17.3 Å². The molecular weight excluding hydrogens is 298 g/mol. The van der Waals surface area contributed by atoms with Crippen molar-refractivity contribution in [3.63, 3.8) is 0 Å². The fourth-order valence-electron chi connectivity index (χ4n) is 1.86. The maximum absolute atomic E-state index is 6.00. The van der Waals surface area contributed by atoms with Gasteiger partial charge >= 0.3 is 0 Å². The first-order chi connectivity index (χ1) is 9.92. The zero-order chi connectivity index (χ0) is 15.3. The maximum Gasteiger partial charge on any atom is 0.0409 e. The third-order valence-corrected chi connectivity index (χ3v) is 4.36. The van der Waals surface area contributed by atoms with E-state index in [1.165, 1.54) is 16.0 Å². The third-order valence-electron chi connectivity index (χ3n) is 3.04. The molecule has 1 N–H and O–H groups in total. The van der Waals surface area contributed by atoms with Crippen LogP contribution in [0.25, 0.3) is 0 Å². The van der Waals surface area contributed by atoms with Crippen LogP contribution in [0.3, 0.4) is 0 Å². The molecule has 21 heavy (non-hydrogen) atoms.